The van der Waals surface area contributed by atoms with Crippen LogP contribution in [-0.2, 0) is 6.54 Å². The lowest BCUT2D eigenvalue weighted by Gasteiger charge is -2.12. The number of aromatic nitrogens is 5. The van der Waals surface area contributed by atoms with Gasteiger partial charge in [0, 0.05) is 23.2 Å². The Morgan fingerprint density at radius 2 is 2.25 bits per heavy atom. The molecule has 0 fully saturated rings. The van der Waals surface area contributed by atoms with E-state index in [1.165, 1.54) is 0 Å². The molecule has 6 nitrogen and oxygen atoms in total. The Hall–Kier alpha value is -2.28. The van der Waals surface area contributed by atoms with Crippen LogP contribution < -0.4 is 5.49 Å². The van der Waals surface area contributed by atoms with Crippen LogP contribution in [0.4, 0.5) is 0 Å². The van der Waals surface area contributed by atoms with Gasteiger partial charge in [0.1, 0.15) is 11.1 Å². The number of nitrogens with zero attached hydrogens (tertiary/aromatic N) is 3. The van der Waals surface area contributed by atoms with Crippen LogP contribution in [0.2, 0.25) is 0 Å². The molecule has 0 aliphatic carbocycles. The van der Waals surface area contributed by atoms with Crippen molar-refractivity contribution >= 4 is 23.3 Å². The van der Waals surface area contributed by atoms with Gasteiger partial charge in [-0.05, 0) is 32.1 Å². The topological polar surface area (TPSA) is 86.1 Å². The van der Waals surface area contributed by atoms with E-state index in [1.54, 1.807) is 12.5 Å². The van der Waals surface area contributed by atoms with Crippen LogP contribution in [0.25, 0.3) is 22.3 Å². The fourth-order valence-corrected chi connectivity index (χ4v) is 2.58. The minimum Gasteiger partial charge on any atom is -0.345 e. The van der Waals surface area contributed by atoms with Crippen molar-refractivity contribution in [3.63, 3.8) is 0 Å². The van der Waals surface area contributed by atoms with E-state index in [1.807, 2.05) is 24.5 Å². The molecule has 0 bridgehead atoms. The van der Waals surface area contributed by atoms with E-state index in [4.69, 9.17) is 17.6 Å². The monoisotopic (exact) mass is 286 g/mol. The Morgan fingerprint density at radius 3 is 2.90 bits per heavy atom. The zero-order chi connectivity index (χ0) is 14.3. The Labute approximate surface area is 120 Å². The van der Waals surface area contributed by atoms with Crippen molar-refractivity contribution in [2.45, 2.75) is 20.4 Å². The number of aromatic amines is 2. The zero-order valence-electron chi connectivity index (χ0n) is 11.2. The molecule has 0 aliphatic heterocycles. The second-order valence-corrected chi connectivity index (χ2v) is 4.91. The van der Waals surface area contributed by atoms with Crippen molar-refractivity contribution in [1.29, 1.82) is 5.41 Å². The summed E-state index contributed by atoms with van der Waals surface area (Å²) in [5.41, 5.74) is 3.70. The summed E-state index contributed by atoms with van der Waals surface area (Å²) >= 11 is 5.13. The molecular formula is C13H14N6S. The molecule has 3 rings (SSSR count). The average Bonchev–Trinajstić information content (AvgIpc) is 2.92. The highest BCUT2D eigenvalue weighted by molar-refractivity contribution is 7.71. The van der Waals surface area contributed by atoms with Crippen LogP contribution in [-0.4, -0.2) is 24.5 Å². The molecule has 0 aliphatic rings. The maximum absolute atomic E-state index is 8.38. The average molecular weight is 286 g/mol. The summed E-state index contributed by atoms with van der Waals surface area (Å²) in [7, 11) is 0. The SMILES string of the molecule is CCn1c(=N)c(-c2cnc[nH]2)cc2c(C)[nH]c(=S)nc21. The molecule has 0 atom stereocenters. The molecule has 3 N–H and O–H groups in total. The second kappa shape index (κ2) is 4.68. The van der Waals surface area contributed by atoms with E-state index in [0.717, 1.165) is 28.0 Å². The molecule has 0 amide bonds. The Kier molecular flexibility index (Phi) is 2.98. The molecule has 102 valence electrons. The number of rotatable bonds is 2. The van der Waals surface area contributed by atoms with E-state index in [2.05, 4.69) is 19.9 Å². The molecule has 0 unspecified atom stereocenters. The van der Waals surface area contributed by atoms with Gasteiger partial charge in [-0.2, -0.15) is 0 Å². The molecule has 0 saturated heterocycles. The largest absolute Gasteiger partial charge is 0.345 e. The van der Waals surface area contributed by atoms with E-state index in [0.29, 0.717) is 16.8 Å². The molecule has 0 spiro atoms. The van der Waals surface area contributed by atoms with Crippen molar-refractivity contribution in [2.24, 2.45) is 0 Å². The zero-order valence-corrected chi connectivity index (χ0v) is 12.0. The predicted molar refractivity (Wildman–Crippen MR) is 78.8 cm³/mol. The Balaban J connectivity index is 2.49. The molecular weight excluding hydrogens is 272 g/mol. The summed E-state index contributed by atoms with van der Waals surface area (Å²) in [6.07, 6.45) is 3.33. The second-order valence-electron chi connectivity index (χ2n) is 4.52. The first-order chi connectivity index (χ1) is 9.61. The van der Waals surface area contributed by atoms with E-state index in [-0.39, 0.29) is 0 Å². The van der Waals surface area contributed by atoms with Crippen molar-refractivity contribution in [3.05, 3.63) is 34.5 Å². The number of hydrogen-bond acceptors (Lipinski definition) is 4. The first-order valence-corrected chi connectivity index (χ1v) is 6.70. The van der Waals surface area contributed by atoms with Gasteiger partial charge >= 0.3 is 0 Å². The molecule has 0 saturated carbocycles. The summed E-state index contributed by atoms with van der Waals surface area (Å²) in [6.45, 7) is 4.60. The van der Waals surface area contributed by atoms with Gasteiger partial charge in [-0.1, -0.05) is 0 Å². The molecule has 3 aromatic heterocycles. The van der Waals surface area contributed by atoms with E-state index in [9.17, 15) is 0 Å². The fraction of sp³-hybridized carbons (Fsp3) is 0.231. The standard InChI is InChI=1S/C13H14N6S/c1-3-19-11(14)9(10-5-15-6-16-10)4-8-7(2)17-13(20)18-12(8)19/h4-6,14H,3H2,1-2H3,(H,15,16)(H,17,18,20). The number of aryl methyl sites for hydroxylation is 2. The van der Waals surface area contributed by atoms with Gasteiger partial charge in [0.15, 0.2) is 4.77 Å². The number of pyridine rings is 1. The smallest absolute Gasteiger partial charge is 0.198 e. The van der Waals surface area contributed by atoms with Crippen LogP contribution in [0.1, 0.15) is 12.6 Å². The lowest BCUT2D eigenvalue weighted by atomic mass is 10.1. The van der Waals surface area contributed by atoms with Gasteiger partial charge < -0.3 is 14.5 Å². The molecule has 3 aromatic rings. The minimum atomic E-state index is 0.400. The normalized spacial score (nSPS) is 11.1. The highest BCUT2D eigenvalue weighted by Crippen LogP contribution is 2.19. The Morgan fingerprint density at radius 1 is 1.45 bits per heavy atom. The van der Waals surface area contributed by atoms with Crippen LogP contribution in [0.5, 0.6) is 0 Å². The summed E-state index contributed by atoms with van der Waals surface area (Å²) in [6, 6.07) is 1.95. The highest BCUT2D eigenvalue weighted by Gasteiger charge is 2.11. The molecule has 0 radical (unpaired) electrons. The number of nitrogens with one attached hydrogen (secondary N) is 3. The van der Waals surface area contributed by atoms with Gasteiger partial charge in [0.05, 0.1) is 18.2 Å². The summed E-state index contributed by atoms with van der Waals surface area (Å²) < 4.78 is 2.29. The van der Waals surface area contributed by atoms with Crippen LogP contribution in [0, 0.1) is 17.1 Å². The van der Waals surface area contributed by atoms with Gasteiger partial charge in [-0.15, -0.1) is 0 Å². The number of hydrogen-bond donors (Lipinski definition) is 3. The van der Waals surface area contributed by atoms with E-state index >= 15 is 0 Å². The third-order valence-corrected chi connectivity index (χ3v) is 3.51. The number of fused-ring (bicyclic) bond motifs is 1. The first-order valence-electron chi connectivity index (χ1n) is 6.29. The Bertz CT molecular complexity index is 888. The lowest BCUT2D eigenvalue weighted by Crippen LogP contribution is -2.23. The first kappa shape index (κ1) is 12.7. The predicted octanol–water partition coefficient (Wildman–Crippen LogP) is 2.29. The van der Waals surface area contributed by atoms with Crippen LogP contribution >= 0.6 is 12.2 Å². The van der Waals surface area contributed by atoms with Crippen LogP contribution in [0.3, 0.4) is 0 Å². The van der Waals surface area contributed by atoms with Crippen molar-refractivity contribution in [3.8, 4) is 11.3 Å². The maximum Gasteiger partial charge on any atom is 0.198 e. The van der Waals surface area contributed by atoms with E-state index < -0.39 is 0 Å². The van der Waals surface area contributed by atoms with Crippen molar-refractivity contribution in [2.75, 3.05) is 0 Å². The van der Waals surface area contributed by atoms with Crippen molar-refractivity contribution in [1.82, 2.24) is 24.5 Å². The molecule has 0 aromatic carbocycles. The number of H-pyrrole nitrogens is 2. The van der Waals surface area contributed by atoms with Gasteiger partial charge in [0.25, 0.3) is 0 Å². The van der Waals surface area contributed by atoms with Gasteiger partial charge in [-0.25, -0.2) is 9.97 Å². The molecule has 20 heavy (non-hydrogen) atoms. The number of imidazole rings is 1. The van der Waals surface area contributed by atoms with Gasteiger partial charge in [-0.3, -0.25) is 5.41 Å². The summed E-state index contributed by atoms with van der Waals surface area (Å²) in [5.74, 6) is 0. The summed E-state index contributed by atoms with van der Waals surface area (Å²) in [4.78, 5) is 14.5. The maximum atomic E-state index is 8.38. The molecule has 3 heterocycles. The van der Waals surface area contributed by atoms with Crippen molar-refractivity contribution < 1.29 is 0 Å². The van der Waals surface area contributed by atoms with Crippen LogP contribution in [0.15, 0.2) is 18.6 Å². The minimum absolute atomic E-state index is 0.400. The lowest BCUT2D eigenvalue weighted by molar-refractivity contribution is 0.723. The fourth-order valence-electron chi connectivity index (χ4n) is 2.34. The van der Waals surface area contributed by atoms with Gasteiger partial charge in [0.2, 0.25) is 0 Å². The third-order valence-electron chi connectivity index (χ3n) is 3.32. The quantitative estimate of drug-likeness (QED) is 0.632. The highest BCUT2D eigenvalue weighted by atomic mass is 32.1. The molecule has 7 heteroatoms. The summed E-state index contributed by atoms with van der Waals surface area (Å²) in [5, 5.41) is 9.34. The third kappa shape index (κ3) is 1.87.